The van der Waals surface area contributed by atoms with Crippen LogP contribution in [-0.2, 0) is 11.3 Å². The summed E-state index contributed by atoms with van der Waals surface area (Å²) in [7, 11) is 0. The molecule has 2 aromatic heterocycles. The maximum atomic E-state index is 12.2. The van der Waals surface area contributed by atoms with Crippen LogP contribution in [0.3, 0.4) is 0 Å². The number of nitrogens with zero attached hydrogens (tertiary/aromatic N) is 5. The van der Waals surface area contributed by atoms with E-state index in [1.807, 2.05) is 23.8 Å². The monoisotopic (exact) mass is 314 g/mol. The van der Waals surface area contributed by atoms with Crippen molar-refractivity contribution in [2.24, 2.45) is 0 Å². The third kappa shape index (κ3) is 4.06. The van der Waals surface area contributed by atoms with Crippen LogP contribution in [0.25, 0.3) is 0 Å². The highest BCUT2D eigenvalue weighted by atomic mass is 16.1. The number of hydrogen-bond acceptors (Lipinski definition) is 5. The summed E-state index contributed by atoms with van der Waals surface area (Å²) in [5.41, 5.74) is 0. The number of carbonyl (C=O) groups is 1. The molecule has 3 rings (SSSR count). The van der Waals surface area contributed by atoms with Gasteiger partial charge >= 0.3 is 0 Å². The average Bonchev–Trinajstić information content (AvgIpc) is 2.99. The Kier molecular flexibility index (Phi) is 4.85. The second-order valence-corrected chi connectivity index (χ2v) is 5.82. The maximum Gasteiger partial charge on any atom is 0.225 e. The first-order chi connectivity index (χ1) is 11.2. The van der Waals surface area contributed by atoms with Crippen molar-refractivity contribution in [3.63, 3.8) is 0 Å². The summed E-state index contributed by atoms with van der Waals surface area (Å²) in [6.45, 7) is 4.30. The Morgan fingerprint density at radius 1 is 1.30 bits per heavy atom. The van der Waals surface area contributed by atoms with E-state index in [0.29, 0.717) is 13.0 Å². The first-order valence-corrected chi connectivity index (χ1v) is 8.01. The smallest absolute Gasteiger partial charge is 0.225 e. The lowest BCUT2D eigenvalue weighted by Crippen LogP contribution is -2.48. The SMILES string of the molecule is Cc1nccn1CCC(=O)NC1CCCN(c2ncccn2)C1. The van der Waals surface area contributed by atoms with Gasteiger partial charge in [0.1, 0.15) is 5.82 Å². The molecule has 0 spiro atoms. The van der Waals surface area contributed by atoms with Crippen LogP contribution < -0.4 is 10.2 Å². The molecule has 1 aliphatic heterocycles. The number of piperidine rings is 1. The Bertz CT molecular complexity index is 641. The quantitative estimate of drug-likeness (QED) is 0.896. The molecule has 1 amide bonds. The second-order valence-electron chi connectivity index (χ2n) is 5.82. The maximum absolute atomic E-state index is 12.2. The largest absolute Gasteiger partial charge is 0.352 e. The molecular formula is C16H22N6O. The molecule has 0 aliphatic carbocycles. The number of anilines is 1. The molecule has 1 aliphatic rings. The van der Waals surface area contributed by atoms with Crippen molar-refractivity contribution in [3.8, 4) is 0 Å². The molecule has 0 saturated carbocycles. The van der Waals surface area contributed by atoms with E-state index in [1.54, 1.807) is 18.6 Å². The van der Waals surface area contributed by atoms with Gasteiger partial charge in [0.05, 0.1) is 0 Å². The summed E-state index contributed by atoms with van der Waals surface area (Å²) in [5, 5.41) is 3.13. The van der Waals surface area contributed by atoms with E-state index in [1.165, 1.54) is 0 Å². The second kappa shape index (κ2) is 7.21. The molecule has 7 heteroatoms. The number of amides is 1. The molecule has 3 heterocycles. The Balaban J connectivity index is 1.49. The standard InChI is InChI=1S/C16H22N6O/c1-13-17-8-11-21(13)10-5-15(23)20-14-4-2-9-22(12-14)16-18-6-3-7-19-16/h3,6-8,11,14H,2,4-5,9-10,12H2,1H3,(H,20,23). The molecule has 23 heavy (non-hydrogen) atoms. The van der Waals surface area contributed by atoms with Gasteiger partial charge in [-0.25, -0.2) is 15.0 Å². The van der Waals surface area contributed by atoms with Crippen LogP contribution in [0.2, 0.25) is 0 Å². The van der Waals surface area contributed by atoms with Crippen molar-refractivity contribution < 1.29 is 4.79 Å². The van der Waals surface area contributed by atoms with Crippen molar-refractivity contribution in [1.82, 2.24) is 24.8 Å². The van der Waals surface area contributed by atoms with Crippen molar-refractivity contribution >= 4 is 11.9 Å². The van der Waals surface area contributed by atoms with Crippen LogP contribution >= 0.6 is 0 Å². The number of imidazole rings is 1. The van der Waals surface area contributed by atoms with E-state index >= 15 is 0 Å². The highest BCUT2D eigenvalue weighted by Crippen LogP contribution is 2.15. The first-order valence-electron chi connectivity index (χ1n) is 8.01. The zero-order chi connectivity index (χ0) is 16.1. The van der Waals surface area contributed by atoms with E-state index < -0.39 is 0 Å². The topological polar surface area (TPSA) is 75.9 Å². The van der Waals surface area contributed by atoms with Crippen LogP contribution in [-0.4, -0.2) is 44.6 Å². The fraction of sp³-hybridized carbons (Fsp3) is 0.500. The van der Waals surface area contributed by atoms with Gasteiger partial charge in [0.2, 0.25) is 11.9 Å². The minimum Gasteiger partial charge on any atom is -0.352 e. The van der Waals surface area contributed by atoms with E-state index in [-0.39, 0.29) is 11.9 Å². The zero-order valence-electron chi connectivity index (χ0n) is 13.4. The first kappa shape index (κ1) is 15.5. The number of hydrogen-bond donors (Lipinski definition) is 1. The van der Waals surface area contributed by atoms with Gasteiger partial charge in [-0.05, 0) is 25.8 Å². The highest BCUT2D eigenvalue weighted by Gasteiger charge is 2.22. The van der Waals surface area contributed by atoms with Gasteiger partial charge in [0.25, 0.3) is 0 Å². The summed E-state index contributed by atoms with van der Waals surface area (Å²) in [5.74, 6) is 1.75. The molecule has 0 bridgehead atoms. The lowest BCUT2D eigenvalue weighted by Gasteiger charge is -2.33. The van der Waals surface area contributed by atoms with Crippen molar-refractivity contribution in [2.45, 2.75) is 38.8 Å². The van der Waals surface area contributed by atoms with Gasteiger partial charge in [-0.3, -0.25) is 4.79 Å². The molecular weight excluding hydrogens is 292 g/mol. The molecule has 1 unspecified atom stereocenters. The predicted molar refractivity (Wildman–Crippen MR) is 87.0 cm³/mol. The van der Waals surface area contributed by atoms with Gasteiger partial charge in [0.15, 0.2) is 0 Å². The molecule has 2 aromatic rings. The lowest BCUT2D eigenvalue weighted by molar-refractivity contribution is -0.122. The van der Waals surface area contributed by atoms with Gasteiger partial charge in [-0.1, -0.05) is 0 Å². The van der Waals surface area contributed by atoms with Crippen molar-refractivity contribution in [2.75, 3.05) is 18.0 Å². The van der Waals surface area contributed by atoms with Gasteiger partial charge < -0.3 is 14.8 Å². The molecule has 1 atom stereocenters. The number of aromatic nitrogens is 4. The number of aryl methyl sites for hydroxylation is 2. The lowest BCUT2D eigenvalue weighted by atomic mass is 10.1. The molecule has 0 aromatic carbocycles. The third-order valence-electron chi connectivity index (χ3n) is 4.12. The van der Waals surface area contributed by atoms with Crippen LogP contribution in [0.1, 0.15) is 25.1 Å². The molecule has 1 N–H and O–H groups in total. The van der Waals surface area contributed by atoms with Crippen LogP contribution in [0, 0.1) is 6.92 Å². The fourth-order valence-corrected chi connectivity index (χ4v) is 2.89. The summed E-state index contributed by atoms with van der Waals surface area (Å²) in [6, 6.07) is 1.97. The zero-order valence-corrected chi connectivity index (χ0v) is 13.4. The minimum absolute atomic E-state index is 0.0823. The van der Waals surface area contributed by atoms with E-state index in [9.17, 15) is 4.79 Å². The summed E-state index contributed by atoms with van der Waals surface area (Å²) in [6.07, 6.45) is 9.65. The minimum atomic E-state index is 0.0823. The average molecular weight is 314 g/mol. The van der Waals surface area contributed by atoms with Gasteiger partial charge in [-0.2, -0.15) is 0 Å². The molecule has 1 saturated heterocycles. The fourth-order valence-electron chi connectivity index (χ4n) is 2.89. The predicted octanol–water partition coefficient (Wildman–Crippen LogP) is 1.16. The number of nitrogens with one attached hydrogen (secondary N) is 1. The normalized spacial score (nSPS) is 18.0. The summed E-state index contributed by atoms with van der Waals surface area (Å²) in [4.78, 5) is 27.0. The van der Waals surface area contributed by atoms with E-state index in [4.69, 9.17) is 0 Å². The van der Waals surface area contributed by atoms with Crippen LogP contribution in [0.15, 0.2) is 30.9 Å². The molecule has 0 radical (unpaired) electrons. The highest BCUT2D eigenvalue weighted by molar-refractivity contribution is 5.76. The number of carbonyl (C=O) groups excluding carboxylic acids is 1. The van der Waals surface area contributed by atoms with Gasteiger partial charge in [-0.15, -0.1) is 0 Å². The van der Waals surface area contributed by atoms with Crippen molar-refractivity contribution in [3.05, 3.63) is 36.7 Å². The van der Waals surface area contributed by atoms with Crippen molar-refractivity contribution in [1.29, 1.82) is 0 Å². The van der Waals surface area contributed by atoms with Crippen LogP contribution in [0.5, 0.6) is 0 Å². The third-order valence-corrected chi connectivity index (χ3v) is 4.12. The summed E-state index contributed by atoms with van der Waals surface area (Å²) < 4.78 is 1.99. The Morgan fingerprint density at radius 2 is 2.13 bits per heavy atom. The Labute approximate surface area is 135 Å². The Hall–Kier alpha value is -2.44. The number of rotatable bonds is 5. The summed E-state index contributed by atoms with van der Waals surface area (Å²) >= 11 is 0. The van der Waals surface area contributed by atoms with E-state index in [0.717, 1.165) is 37.7 Å². The van der Waals surface area contributed by atoms with E-state index in [2.05, 4.69) is 25.2 Å². The molecule has 122 valence electrons. The van der Waals surface area contributed by atoms with Gasteiger partial charge in [0, 0.05) is 56.9 Å². The Morgan fingerprint density at radius 3 is 2.87 bits per heavy atom. The molecule has 7 nitrogen and oxygen atoms in total. The molecule has 1 fully saturated rings. The van der Waals surface area contributed by atoms with Crippen LogP contribution in [0.4, 0.5) is 5.95 Å².